The van der Waals surface area contributed by atoms with Crippen molar-refractivity contribution in [2.75, 3.05) is 10.6 Å². The highest BCUT2D eigenvalue weighted by atomic mass is 16.5. The van der Waals surface area contributed by atoms with Gasteiger partial charge in [-0.25, -0.2) is 0 Å². The highest BCUT2D eigenvalue weighted by molar-refractivity contribution is 6.08. The molecule has 0 aliphatic carbocycles. The van der Waals surface area contributed by atoms with Crippen molar-refractivity contribution in [1.29, 1.82) is 0 Å². The molecule has 0 aliphatic heterocycles. The third kappa shape index (κ3) is 4.92. The molecule has 1 heterocycles. The molecule has 0 radical (unpaired) electrons. The van der Waals surface area contributed by atoms with E-state index in [-0.39, 0.29) is 23.1 Å². The van der Waals surface area contributed by atoms with E-state index in [0.29, 0.717) is 34.2 Å². The van der Waals surface area contributed by atoms with E-state index in [1.165, 1.54) is 0 Å². The summed E-state index contributed by atoms with van der Waals surface area (Å²) in [5, 5.41) is 9.74. The highest BCUT2D eigenvalue weighted by Crippen LogP contribution is 2.27. The summed E-state index contributed by atoms with van der Waals surface area (Å²) in [6.07, 6.45) is 0. The first kappa shape index (κ1) is 21.2. The van der Waals surface area contributed by atoms with Gasteiger partial charge in [0.15, 0.2) is 5.82 Å². The molecule has 0 spiro atoms. The number of carbonyl (C=O) groups excluding carboxylic acids is 2. The second kappa shape index (κ2) is 8.49. The third-order valence-electron chi connectivity index (χ3n) is 4.41. The molecule has 0 fully saturated rings. The summed E-state index contributed by atoms with van der Waals surface area (Å²) in [7, 11) is 0. The Morgan fingerprint density at radius 2 is 1.63 bits per heavy atom. The van der Waals surface area contributed by atoms with Gasteiger partial charge in [-0.1, -0.05) is 58.0 Å². The second-order valence-electron chi connectivity index (χ2n) is 8.40. The van der Waals surface area contributed by atoms with Crippen molar-refractivity contribution in [2.24, 2.45) is 5.92 Å². The van der Waals surface area contributed by atoms with Crippen LogP contribution in [0.1, 0.15) is 50.8 Å². The normalized spacial score (nSPS) is 11.4. The van der Waals surface area contributed by atoms with Gasteiger partial charge in [0.1, 0.15) is 0 Å². The van der Waals surface area contributed by atoms with Crippen molar-refractivity contribution in [3.05, 3.63) is 59.9 Å². The Balaban J connectivity index is 1.84. The lowest BCUT2D eigenvalue weighted by Gasteiger charge is -2.12. The highest BCUT2D eigenvalue weighted by Gasteiger charge is 2.23. The fourth-order valence-electron chi connectivity index (χ4n) is 2.66. The van der Waals surface area contributed by atoms with E-state index >= 15 is 0 Å². The number of nitrogens with one attached hydrogen (secondary N) is 2. The topological polar surface area (TPSA) is 97.1 Å². The first-order valence-electron chi connectivity index (χ1n) is 9.81. The van der Waals surface area contributed by atoms with Crippen molar-refractivity contribution < 1.29 is 14.1 Å². The maximum atomic E-state index is 13.0. The van der Waals surface area contributed by atoms with Crippen LogP contribution in [0.15, 0.2) is 53.1 Å². The standard InChI is InChI=1S/C23H26N4O3/c1-14(2)19(28)24-15-9-8-10-16(13-15)25-20(29)17-11-6-7-12-18(17)21-26-22(27-30-21)23(3,4)5/h6-14H,1-5H3,(H,24,28)(H,25,29). The summed E-state index contributed by atoms with van der Waals surface area (Å²) in [6.45, 7) is 9.61. The van der Waals surface area contributed by atoms with Crippen LogP contribution in [-0.2, 0) is 10.2 Å². The molecule has 0 saturated carbocycles. The van der Waals surface area contributed by atoms with Crippen LogP contribution in [0, 0.1) is 5.92 Å². The zero-order chi connectivity index (χ0) is 21.9. The number of amides is 2. The van der Waals surface area contributed by atoms with Crippen LogP contribution in [0.4, 0.5) is 11.4 Å². The molecule has 0 unspecified atom stereocenters. The van der Waals surface area contributed by atoms with E-state index in [1.807, 2.05) is 40.7 Å². The van der Waals surface area contributed by atoms with E-state index in [0.717, 1.165) is 0 Å². The first-order valence-corrected chi connectivity index (χ1v) is 9.81. The smallest absolute Gasteiger partial charge is 0.258 e. The van der Waals surface area contributed by atoms with Gasteiger partial charge in [0.25, 0.3) is 11.8 Å². The largest absolute Gasteiger partial charge is 0.334 e. The van der Waals surface area contributed by atoms with Gasteiger partial charge in [-0.3, -0.25) is 9.59 Å². The van der Waals surface area contributed by atoms with Gasteiger partial charge in [0, 0.05) is 22.7 Å². The average Bonchev–Trinajstić information content (AvgIpc) is 3.19. The SMILES string of the molecule is CC(C)C(=O)Nc1cccc(NC(=O)c2ccccc2-c2nc(C(C)(C)C)no2)c1. The number of hydrogen-bond donors (Lipinski definition) is 2. The molecule has 2 N–H and O–H groups in total. The summed E-state index contributed by atoms with van der Waals surface area (Å²) in [5.74, 6) is 0.329. The molecule has 1 aromatic heterocycles. The fourth-order valence-corrected chi connectivity index (χ4v) is 2.66. The zero-order valence-corrected chi connectivity index (χ0v) is 17.8. The molecule has 30 heavy (non-hydrogen) atoms. The molecule has 2 aromatic carbocycles. The van der Waals surface area contributed by atoms with Gasteiger partial charge in [-0.15, -0.1) is 0 Å². The van der Waals surface area contributed by atoms with Gasteiger partial charge in [-0.2, -0.15) is 4.98 Å². The quantitative estimate of drug-likeness (QED) is 0.629. The summed E-state index contributed by atoms with van der Waals surface area (Å²) in [4.78, 5) is 29.3. The number of aromatic nitrogens is 2. The van der Waals surface area contributed by atoms with Crippen LogP contribution in [0.2, 0.25) is 0 Å². The lowest BCUT2D eigenvalue weighted by molar-refractivity contribution is -0.118. The van der Waals surface area contributed by atoms with Crippen LogP contribution >= 0.6 is 0 Å². The predicted octanol–water partition coefficient (Wildman–Crippen LogP) is 4.88. The first-order chi connectivity index (χ1) is 14.1. The molecule has 3 aromatic rings. The maximum absolute atomic E-state index is 13.0. The van der Waals surface area contributed by atoms with Crippen molar-refractivity contribution >= 4 is 23.2 Å². The van der Waals surface area contributed by atoms with Crippen LogP contribution in [0.5, 0.6) is 0 Å². The number of hydrogen-bond acceptors (Lipinski definition) is 5. The van der Waals surface area contributed by atoms with Crippen molar-refractivity contribution in [2.45, 2.75) is 40.0 Å². The minimum Gasteiger partial charge on any atom is -0.334 e. The molecule has 156 valence electrons. The van der Waals surface area contributed by atoms with Crippen LogP contribution < -0.4 is 10.6 Å². The van der Waals surface area contributed by atoms with Gasteiger partial charge in [0.05, 0.1) is 11.1 Å². The van der Waals surface area contributed by atoms with E-state index in [2.05, 4.69) is 20.8 Å². The van der Waals surface area contributed by atoms with Crippen LogP contribution in [0.25, 0.3) is 11.5 Å². The third-order valence-corrected chi connectivity index (χ3v) is 4.41. The van der Waals surface area contributed by atoms with Gasteiger partial charge in [-0.05, 0) is 30.3 Å². The minimum atomic E-state index is -0.312. The monoisotopic (exact) mass is 406 g/mol. The Hall–Kier alpha value is -3.48. The van der Waals surface area contributed by atoms with E-state index in [4.69, 9.17) is 4.52 Å². The number of rotatable bonds is 5. The fraction of sp³-hybridized carbons (Fsp3) is 0.304. The molecular weight excluding hydrogens is 380 g/mol. The van der Waals surface area contributed by atoms with Crippen molar-refractivity contribution in [3.8, 4) is 11.5 Å². The minimum absolute atomic E-state index is 0.0881. The molecule has 7 nitrogen and oxygen atoms in total. The summed E-state index contributed by atoms with van der Waals surface area (Å²) < 4.78 is 5.41. The zero-order valence-electron chi connectivity index (χ0n) is 17.8. The van der Waals surface area contributed by atoms with Gasteiger partial charge >= 0.3 is 0 Å². The Labute approximate surface area is 175 Å². The molecule has 3 rings (SSSR count). The maximum Gasteiger partial charge on any atom is 0.258 e. The molecule has 7 heteroatoms. The molecule has 0 aliphatic rings. The van der Waals surface area contributed by atoms with E-state index in [1.54, 1.807) is 42.5 Å². The summed E-state index contributed by atoms with van der Waals surface area (Å²) in [6, 6.07) is 14.1. The lowest BCUT2D eigenvalue weighted by atomic mass is 9.96. The molecule has 0 saturated heterocycles. The Morgan fingerprint density at radius 3 is 2.27 bits per heavy atom. The predicted molar refractivity (Wildman–Crippen MR) is 116 cm³/mol. The number of anilines is 2. The van der Waals surface area contributed by atoms with Crippen LogP contribution in [0.3, 0.4) is 0 Å². The van der Waals surface area contributed by atoms with E-state index < -0.39 is 0 Å². The second-order valence-corrected chi connectivity index (χ2v) is 8.40. The Morgan fingerprint density at radius 1 is 0.967 bits per heavy atom. The molecule has 0 atom stereocenters. The number of benzene rings is 2. The molecule has 0 bridgehead atoms. The Bertz CT molecular complexity index is 1060. The average molecular weight is 406 g/mol. The van der Waals surface area contributed by atoms with Crippen LogP contribution in [-0.4, -0.2) is 22.0 Å². The summed E-state index contributed by atoms with van der Waals surface area (Å²) in [5.41, 5.74) is 1.89. The lowest BCUT2D eigenvalue weighted by Crippen LogP contribution is -2.18. The van der Waals surface area contributed by atoms with Gasteiger partial charge in [0.2, 0.25) is 5.91 Å². The van der Waals surface area contributed by atoms with E-state index in [9.17, 15) is 9.59 Å². The number of nitrogens with zero attached hydrogens (tertiary/aromatic N) is 2. The van der Waals surface area contributed by atoms with Crippen molar-refractivity contribution in [1.82, 2.24) is 10.1 Å². The van der Waals surface area contributed by atoms with Crippen molar-refractivity contribution in [3.63, 3.8) is 0 Å². The molecular formula is C23H26N4O3. The van der Waals surface area contributed by atoms with Gasteiger partial charge < -0.3 is 15.2 Å². The Kier molecular flexibility index (Phi) is 6.01. The summed E-state index contributed by atoms with van der Waals surface area (Å²) >= 11 is 0. The number of carbonyl (C=O) groups is 2. The molecule has 2 amide bonds.